The summed E-state index contributed by atoms with van der Waals surface area (Å²) in [5.74, 6) is 2.94. The Morgan fingerprint density at radius 1 is 0.333 bits per heavy atom. The lowest BCUT2D eigenvalue weighted by molar-refractivity contribution is 1.04. The maximum Gasteiger partial charge on any atom is 0.164 e. The second kappa shape index (κ2) is 16.9. The third kappa shape index (κ3) is 7.07. The summed E-state index contributed by atoms with van der Waals surface area (Å²) in [6.45, 7) is 2.33. The van der Waals surface area contributed by atoms with Crippen LogP contribution in [0, 0.1) is 0 Å². The zero-order chi connectivity index (χ0) is 48.9. The number of aromatic nitrogens is 6. The topological polar surface area (TPSA) is 53.5 Å². The Labute approximate surface area is 422 Å². The van der Waals surface area contributed by atoms with Crippen LogP contribution in [0.15, 0.2) is 216 Å². The normalized spacial score (nSPS) is 12.8. The maximum absolute atomic E-state index is 5.42. The van der Waals surface area contributed by atoms with E-state index in [4.69, 9.17) is 15.0 Å². The zero-order valence-corrected chi connectivity index (χ0v) is 43.0. The van der Waals surface area contributed by atoms with E-state index in [1.54, 1.807) is 0 Å². The van der Waals surface area contributed by atoms with E-state index >= 15 is 0 Å². The van der Waals surface area contributed by atoms with Crippen molar-refractivity contribution in [1.29, 1.82) is 0 Å². The molecule has 4 aromatic heterocycles. The fourth-order valence-electron chi connectivity index (χ4n) is 10.7. The van der Waals surface area contributed by atoms with Crippen LogP contribution in [0.4, 0.5) is 0 Å². The minimum Gasteiger partial charge on any atom is -0.307 e. The number of hydrogen-bond donors (Lipinski definition) is 0. The van der Waals surface area contributed by atoms with Gasteiger partial charge >= 0.3 is 0 Å². The van der Waals surface area contributed by atoms with E-state index in [-0.39, 0.29) is 0 Å². The molecule has 8 heteroatoms. The standard InChI is InChI=1S/C64H54N6S2/c1-7-72(5,6)46-35-37-58-52(41-46)51-40-45(71(2,3)4)34-36-57(51)70(58)61-59(68-53-30-18-14-26-47(53)48-27-15-19-31-54(48)68)38-44(39-60(61)69-55-32-20-16-28-49(55)50-29-17-21-33-56(50)69)64-66-62(42-22-10-8-11-23-42)65-63(67-64)43-24-12-9-13-25-43/h8-41H,7H2,1-6H3. The number of para-hydroxylation sites is 4. The monoisotopic (exact) mass is 970 g/mol. The van der Waals surface area contributed by atoms with Gasteiger partial charge in [-0.3, -0.25) is 0 Å². The van der Waals surface area contributed by atoms with Gasteiger partial charge in [-0.25, -0.2) is 35.0 Å². The predicted molar refractivity (Wildman–Crippen MR) is 311 cm³/mol. The van der Waals surface area contributed by atoms with Crippen molar-refractivity contribution in [2.24, 2.45) is 0 Å². The van der Waals surface area contributed by atoms with Crippen LogP contribution in [0.2, 0.25) is 0 Å². The third-order valence-electron chi connectivity index (χ3n) is 14.7. The van der Waals surface area contributed by atoms with Gasteiger partial charge in [0.05, 0.1) is 50.2 Å². The van der Waals surface area contributed by atoms with E-state index in [2.05, 4.69) is 222 Å². The van der Waals surface area contributed by atoms with Crippen LogP contribution in [0.1, 0.15) is 6.92 Å². The second-order valence-electron chi connectivity index (χ2n) is 20.0. The summed E-state index contributed by atoms with van der Waals surface area (Å²) in [5, 5.41) is 7.29. The van der Waals surface area contributed by atoms with E-state index in [1.165, 1.54) is 42.1 Å². The average molecular weight is 971 g/mol. The van der Waals surface area contributed by atoms with E-state index in [9.17, 15) is 0 Å². The molecule has 0 spiro atoms. The van der Waals surface area contributed by atoms with Crippen molar-refractivity contribution in [2.75, 3.05) is 37.0 Å². The molecule has 352 valence electrons. The highest BCUT2D eigenvalue weighted by molar-refractivity contribution is 8.32. The molecule has 0 amide bonds. The van der Waals surface area contributed by atoms with Gasteiger partial charge < -0.3 is 13.7 Å². The number of hydrogen-bond acceptors (Lipinski definition) is 3. The molecule has 0 N–H and O–H groups in total. The molecule has 0 radical (unpaired) electrons. The first-order chi connectivity index (χ1) is 35.1. The molecule has 0 bridgehead atoms. The number of nitrogens with zero attached hydrogens (tertiary/aromatic N) is 6. The summed E-state index contributed by atoms with van der Waals surface area (Å²) in [7, 11) is -2.11. The second-order valence-corrected chi connectivity index (χ2v) is 28.3. The van der Waals surface area contributed by atoms with Gasteiger partial charge in [-0.05, 0) is 120 Å². The molecule has 72 heavy (non-hydrogen) atoms. The fraction of sp³-hybridized carbons (Fsp3) is 0.109. The smallest absolute Gasteiger partial charge is 0.164 e. The van der Waals surface area contributed by atoms with Gasteiger partial charge in [0.2, 0.25) is 0 Å². The van der Waals surface area contributed by atoms with E-state index in [1.807, 2.05) is 36.4 Å². The summed E-state index contributed by atoms with van der Waals surface area (Å²) in [4.78, 5) is 18.8. The molecule has 4 heterocycles. The molecule has 0 unspecified atom stereocenters. The van der Waals surface area contributed by atoms with Crippen LogP contribution in [0.25, 0.3) is 117 Å². The Morgan fingerprint density at radius 2 is 0.681 bits per heavy atom. The molecule has 0 aliphatic heterocycles. The van der Waals surface area contributed by atoms with E-state index in [0.29, 0.717) is 17.5 Å². The first kappa shape index (κ1) is 44.1. The van der Waals surface area contributed by atoms with Crippen LogP contribution < -0.4 is 0 Å². The molecule has 0 aliphatic rings. The van der Waals surface area contributed by atoms with Gasteiger partial charge in [-0.2, -0.15) is 0 Å². The summed E-state index contributed by atoms with van der Waals surface area (Å²) in [5.41, 5.74) is 12.6. The van der Waals surface area contributed by atoms with Crippen LogP contribution in [0.5, 0.6) is 0 Å². The van der Waals surface area contributed by atoms with Crippen molar-refractivity contribution >= 4 is 85.5 Å². The van der Waals surface area contributed by atoms with Gasteiger partial charge in [-0.15, -0.1) is 0 Å². The largest absolute Gasteiger partial charge is 0.307 e. The Kier molecular flexibility index (Phi) is 10.3. The van der Waals surface area contributed by atoms with Gasteiger partial charge in [0.1, 0.15) is 0 Å². The highest BCUT2D eigenvalue weighted by Crippen LogP contribution is 2.53. The number of rotatable bonds is 9. The Bertz CT molecular complexity index is 3970. The fourth-order valence-corrected chi connectivity index (χ4v) is 12.9. The van der Waals surface area contributed by atoms with Gasteiger partial charge in [0.25, 0.3) is 0 Å². The molecule has 9 aromatic carbocycles. The first-order valence-electron chi connectivity index (χ1n) is 24.6. The third-order valence-corrected chi connectivity index (χ3v) is 19.3. The Morgan fingerprint density at radius 3 is 1.08 bits per heavy atom. The van der Waals surface area contributed by atoms with Crippen LogP contribution in [0.3, 0.4) is 0 Å². The van der Waals surface area contributed by atoms with E-state index in [0.717, 1.165) is 72.6 Å². The van der Waals surface area contributed by atoms with Crippen LogP contribution in [-0.4, -0.2) is 65.7 Å². The molecule has 13 aromatic rings. The quantitative estimate of drug-likeness (QED) is 0.145. The Hall–Kier alpha value is -7.91. The SMILES string of the molecule is CCS(C)(C)c1ccc2c(c1)c1cc(S(C)(C)C)ccc1n2-c1c(-n2c3ccccc3c3ccccc32)cc(-c2nc(-c3ccccc3)nc(-c3ccccc3)n2)cc1-n1c2ccccc2c2ccccc21. The van der Waals surface area contributed by atoms with Gasteiger partial charge in [-0.1, -0.05) is 140 Å². The van der Waals surface area contributed by atoms with Crippen LogP contribution >= 0.6 is 20.1 Å². The molecule has 13 rings (SSSR count). The van der Waals surface area contributed by atoms with Gasteiger partial charge in [0, 0.05) is 49.0 Å². The minimum absolute atomic E-state index is 0.590. The summed E-state index contributed by atoms with van der Waals surface area (Å²) < 4.78 is 7.55. The molecular formula is C64H54N6S2. The van der Waals surface area contributed by atoms with E-state index < -0.39 is 20.1 Å². The average Bonchev–Trinajstić information content (AvgIpc) is 4.06. The van der Waals surface area contributed by atoms with Crippen molar-refractivity contribution < 1.29 is 0 Å². The first-order valence-corrected chi connectivity index (χ1v) is 30.0. The molecule has 0 atom stereocenters. The summed E-state index contributed by atoms with van der Waals surface area (Å²) in [6, 6.07) is 75.2. The van der Waals surface area contributed by atoms with Crippen molar-refractivity contribution in [3.8, 4) is 51.2 Å². The number of fused-ring (bicyclic) bond motifs is 9. The minimum atomic E-state index is -1.06. The van der Waals surface area contributed by atoms with Crippen molar-refractivity contribution in [1.82, 2.24) is 28.7 Å². The molecule has 0 fully saturated rings. The number of benzene rings is 9. The zero-order valence-electron chi connectivity index (χ0n) is 41.3. The van der Waals surface area contributed by atoms with Crippen LogP contribution in [-0.2, 0) is 0 Å². The van der Waals surface area contributed by atoms with Crippen molar-refractivity contribution in [2.45, 2.75) is 16.7 Å². The molecular weight excluding hydrogens is 917 g/mol. The van der Waals surface area contributed by atoms with Crippen molar-refractivity contribution in [3.63, 3.8) is 0 Å². The molecule has 0 saturated carbocycles. The Balaban J connectivity index is 1.26. The summed E-state index contributed by atoms with van der Waals surface area (Å²) in [6.07, 6.45) is 12.1. The van der Waals surface area contributed by atoms with Crippen molar-refractivity contribution in [3.05, 3.63) is 206 Å². The molecule has 6 nitrogen and oxygen atoms in total. The predicted octanol–water partition coefficient (Wildman–Crippen LogP) is 16.7. The lowest BCUT2D eigenvalue weighted by Crippen LogP contribution is -2.11. The highest BCUT2D eigenvalue weighted by Gasteiger charge is 2.28. The lowest BCUT2D eigenvalue weighted by atomic mass is 10.1. The van der Waals surface area contributed by atoms with Gasteiger partial charge in [0.15, 0.2) is 17.5 Å². The maximum atomic E-state index is 5.42. The highest BCUT2D eigenvalue weighted by atomic mass is 32.3. The summed E-state index contributed by atoms with van der Waals surface area (Å²) >= 11 is 0. The lowest BCUT2D eigenvalue weighted by Gasteiger charge is -2.30. The molecule has 0 aliphatic carbocycles. The molecule has 0 saturated heterocycles.